The zero-order valence-corrected chi connectivity index (χ0v) is 37.2. The second-order valence-corrected chi connectivity index (χ2v) is 20.4. The van der Waals surface area contributed by atoms with Crippen LogP contribution in [0.2, 0.25) is 0 Å². The van der Waals surface area contributed by atoms with E-state index in [1.54, 1.807) is 0 Å². The van der Waals surface area contributed by atoms with Gasteiger partial charge in [0.05, 0.1) is 5.69 Å². The molecule has 3 heterocycles. The van der Waals surface area contributed by atoms with Gasteiger partial charge in [-0.3, -0.25) is 0 Å². The summed E-state index contributed by atoms with van der Waals surface area (Å²) in [7, 11) is 0. The van der Waals surface area contributed by atoms with Gasteiger partial charge in [0.2, 0.25) is 0 Å². The molecule has 0 spiro atoms. The van der Waals surface area contributed by atoms with E-state index in [0.717, 1.165) is 0 Å². The summed E-state index contributed by atoms with van der Waals surface area (Å²) in [6.07, 6.45) is 0. The highest BCUT2D eigenvalue weighted by molar-refractivity contribution is 6.94. The van der Waals surface area contributed by atoms with Crippen molar-refractivity contribution < 1.29 is 0 Å². The molecule has 3 heteroatoms. The van der Waals surface area contributed by atoms with Crippen LogP contribution in [0.5, 0.6) is 0 Å². The maximum Gasteiger partial charge on any atom is 0.333 e. The molecule has 0 saturated carbocycles. The SMILES string of the molecule is CC1(C)c2ccccc2-c2c1cc1c3c2-c2ccc(-c4ccccc4)cc2N(c2cccc4c2C(C)(C)c2ccccc2-4)B3c2cccc3c2N1c1cc2ccccc2cc1C3(C)C. The molecule has 0 amide bonds. The number of para-hydroxylation sites is 1. The zero-order chi connectivity index (χ0) is 43.0. The van der Waals surface area contributed by atoms with E-state index in [1.807, 2.05) is 0 Å². The first kappa shape index (κ1) is 36.4. The van der Waals surface area contributed by atoms with Crippen molar-refractivity contribution in [2.24, 2.45) is 0 Å². The summed E-state index contributed by atoms with van der Waals surface area (Å²) in [6, 6.07) is 67.4. The van der Waals surface area contributed by atoms with Crippen molar-refractivity contribution in [1.29, 1.82) is 0 Å². The molecule has 2 nitrogen and oxygen atoms in total. The average molecular weight is 819 g/mol. The van der Waals surface area contributed by atoms with Crippen molar-refractivity contribution in [2.45, 2.75) is 57.8 Å². The highest BCUT2D eigenvalue weighted by atomic mass is 15.2. The highest BCUT2D eigenvalue weighted by Crippen LogP contribution is 2.62. The van der Waals surface area contributed by atoms with Crippen molar-refractivity contribution >= 4 is 57.0 Å². The maximum absolute atomic E-state index is 2.79. The fourth-order valence-corrected chi connectivity index (χ4v) is 13.2. The number of rotatable bonds is 2. The summed E-state index contributed by atoms with van der Waals surface area (Å²) in [5.41, 5.74) is 27.4. The van der Waals surface area contributed by atoms with E-state index in [4.69, 9.17) is 0 Å². The first-order chi connectivity index (χ1) is 31.0. The number of anilines is 5. The van der Waals surface area contributed by atoms with E-state index in [0.29, 0.717) is 0 Å². The van der Waals surface area contributed by atoms with Crippen LogP contribution < -0.4 is 20.6 Å². The Hall–Kier alpha value is -7.10. The standard InChI is InChI=1S/C61H47BN2/c1-59(2)45-26-15-13-23-42(45)54-48(59)35-53-57-55(54)43-31-30-39(36-18-8-7-9-19-36)33-51(43)64(50-29-16-24-41-40-22-12-14-25-44(40)61(5,6)56(41)50)62(57)49-28-17-27-46-58(49)63(53)52-34-38-21-11-10-20-37(38)32-47(52)60(46,3)4/h7-35H,1-6H3. The fourth-order valence-electron chi connectivity index (χ4n) is 13.2. The number of hydrogen-bond donors (Lipinski definition) is 0. The van der Waals surface area contributed by atoms with Gasteiger partial charge < -0.3 is 9.71 Å². The smallest absolute Gasteiger partial charge is 0.333 e. The lowest BCUT2D eigenvalue weighted by Crippen LogP contribution is -2.63. The second kappa shape index (κ2) is 12.1. The largest absolute Gasteiger partial charge is 0.376 e. The van der Waals surface area contributed by atoms with Crippen molar-refractivity contribution in [3.05, 3.63) is 209 Å². The summed E-state index contributed by atoms with van der Waals surface area (Å²) in [6.45, 7) is 14.5. The predicted octanol–water partition coefficient (Wildman–Crippen LogP) is 14.5. The van der Waals surface area contributed by atoms with Crippen molar-refractivity contribution in [3.63, 3.8) is 0 Å². The molecule has 5 aliphatic rings. The summed E-state index contributed by atoms with van der Waals surface area (Å²) >= 11 is 0. The van der Waals surface area contributed by atoms with Crippen molar-refractivity contribution in [3.8, 4) is 44.5 Å². The molecule has 64 heavy (non-hydrogen) atoms. The number of hydrogen-bond acceptors (Lipinski definition) is 2. The Morgan fingerprint density at radius 2 is 1.02 bits per heavy atom. The molecular formula is C61H47BN2. The molecule has 2 aliphatic carbocycles. The van der Waals surface area contributed by atoms with Gasteiger partial charge in [-0.1, -0.05) is 187 Å². The van der Waals surface area contributed by atoms with Crippen molar-refractivity contribution in [2.75, 3.05) is 9.71 Å². The van der Waals surface area contributed by atoms with E-state index in [1.165, 1.54) is 128 Å². The minimum Gasteiger partial charge on any atom is -0.376 e. The predicted molar refractivity (Wildman–Crippen MR) is 270 cm³/mol. The lowest BCUT2D eigenvalue weighted by Gasteiger charge is -2.51. The van der Waals surface area contributed by atoms with Crippen LogP contribution in [0.1, 0.15) is 74.9 Å². The highest BCUT2D eigenvalue weighted by Gasteiger charge is 2.53. The number of benzene rings is 9. The molecule has 0 aromatic heterocycles. The molecule has 9 aromatic carbocycles. The van der Waals surface area contributed by atoms with Crippen LogP contribution in [0, 0.1) is 0 Å². The molecule has 304 valence electrons. The summed E-state index contributed by atoms with van der Waals surface area (Å²) < 4.78 is 0. The van der Waals surface area contributed by atoms with Crippen LogP contribution >= 0.6 is 0 Å². The Morgan fingerprint density at radius 1 is 0.375 bits per heavy atom. The molecule has 0 unspecified atom stereocenters. The van der Waals surface area contributed by atoms with Crippen LogP contribution in [-0.2, 0) is 16.2 Å². The van der Waals surface area contributed by atoms with Gasteiger partial charge in [-0.2, -0.15) is 0 Å². The van der Waals surface area contributed by atoms with E-state index in [9.17, 15) is 0 Å². The molecule has 0 saturated heterocycles. The third-order valence-electron chi connectivity index (χ3n) is 16.1. The van der Waals surface area contributed by atoms with E-state index >= 15 is 0 Å². The Labute approximate surface area is 376 Å². The van der Waals surface area contributed by atoms with E-state index < -0.39 is 0 Å². The first-order valence-corrected chi connectivity index (χ1v) is 23.1. The second-order valence-electron chi connectivity index (χ2n) is 20.4. The Kier molecular flexibility index (Phi) is 6.89. The summed E-state index contributed by atoms with van der Waals surface area (Å²) in [4.78, 5) is 5.48. The minimum absolute atomic E-state index is 0.111. The van der Waals surface area contributed by atoms with Crippen LogP contribution in [-0.4, -0.2) is 6.85 Å². The minimum atomic E-state index is -0.247. The topological polar surface area (TPSA) is 6.48 Å². The summed E-state index contributed by atoms with van der Waals surface area (Å²) in [5, 5.41) is 2.55. The Balaban J connectivity index is 1.17. The molecule has 0 N–H and O–H groups in total. The van der Waals surface area contributed by atoms with Gasteiger partial charge in [-0.25, -0.2) is 0 Å². The molecule has 14 rings (SSSR count). The molecule has 0 bridgehead atoms. The van der Waals surface area contributed by atoms with Crippen LogP contribution in [0.3, 0.4) is 0 Å². The normalized spacial score (nSPS) is 16.6. The Bertz CT molecular complexity index is 3560. The molecule has 3 aliphatic heterocycles. The van der Waals surface area contributed by atoms with Crippen molar-refractivity contribution in [1.82, 2.24) is 0 Å². The van der Waals surface area contributed by atoms with Gasteiger partial charge in [0.1, 0.15) is 0 Å². The first-order valence-electron chi connectivity index (χ1n) is 23.1. The lowest BCUT2D eigenvalue weighted by molar-refractivity contribution is 0.633. The van der Waals surface area contributed by atoms with Crippen LogP contribution in [0.25, 0.3) is 55.3 Å². The molecular weight excluding hydrogens is 771 g/mol. The van der Waals surface area contributed by atoms with E-state index in [-0.39, 0.29) is 23.1 Å². The number of fused-ring (bicyclic) bond motifs is 14. The molecule has 0 radical (unpaired) electrons. The molecule has 0 atom stereocenters. The molecule has 9 aromatic rings. The van der Waals surface area contributed by atoms with Crippen LogP contribution in [0.4, 0.5) is 28.4 Å². The van der Waals surface area contributed by atoms with Gasteiger partial charge in [-0.15, -0.1) is 0 Å². The molecule has 0 fully saturated rings. The summed E-state index contributed by atoms with van der Waals surface area (Å²) in [5.74, 6) is 0. The van der Waals surface area contributed by atoms with Gasteiger partial charge >= 0.3 is 6.85 Å². The van der Waals surface area contributed by atoms with Gasteiger partial charge in [-0.05, 0) is 124 Å². The van der Waals surface area contributed by atoms with Crippen LogP contribution in [0.15, 0.2) is 176 Å². The maximum atomic E-state index is 2.79. The monoisotopic (exact) mass is 818 g/mol. The lowest BCUT2D eigenvalue weighted by atomic mass is 9.42. The van der Waals surface area contributed by atoms with Gasteiger partial charge in [0.15, 0.2) is 0 Å². The Morgan fingerprint density at radius 3 is 1.81 bits per heavy atom. The van der Waals surface area contributed by atoms with Gasteiger partial charge in [0.25, 0.3) is 0 Å². The quantitative estimate of drug-likeness (QED) is 0.160. The van der Waals surface area contributed by atoms with Gasteiger partial charge in [0, 0.05) is 44.6 Å². The third kappa shape index (κ3) is 4.38. The third-order valence-corrected chi connectivity index (χ3v) is 16.1. The number of nitrogens with zero attached hydrogens (tertiary/aromatic N) is 2. The van der Waals surface area contributed by atoms with E-state index in [2.05, 4.69) is 227 Å². The fraction of sp³-hybridized carbons (Fsp3) is 0.148. The average Bonchev–Trinajstić information content (AvgIpc) is 3.70. The zero-order valence-electron chi connectivity index (χ0n) is 37.2.